The molecule has 0 unspecified atom stereocenters. The van der Waals surface area contributed by atoms with Crippen LogP contribution >= 0.6 is 46.4 Å². The van der Waals surface area contributed by atoms with E-state index in [2.05, 4.69) is 20.0 Å². The summed E-state index contributed by atoms with van der Waals surface area (Å²) in [4.78, 5) is 38.3. The minimum atomic E-state index is -0.243. The maximum atomic E-state index is 13.5. The first-order chi connectivity index (χ1) is 22.6. The van der Waals surface area contributed by atoms with Crippen LogP contribution in [0, 0.1) is 0 Å². The van der Waals surface area contributed by atoms with Crippen molar-refractivity contribution in [3.8, 4) is 0 Å². The summed E-state index contributed by atoms with van der Waals surface area (Å²) in [6, 6.07) is 10.7. The number of carbonyl (C=O) groups excluding carboxylic acids is 2. The van der Waals surface area contributed by atoms with Gasteiger partial charge in [-0.2, -0.15) is 0 Å². The fourth-order valence-electron chi connectivity index (χ4n) is 6.68. The monoisotopic (exact) mass is 726 g/mol. The lowest BCUT2D eigenvalue weighted by molar-refractivity contribution is -0.0828. The molecule has 3 aliphatic rings. The van der Waals surface area contributed by atoms with E-state index in [-0.39, 0.29) is 30.4 Å². The van der Waals surface area contributed by atoms with Gasteiger partial charge in [0, 0.05) is 73.9 Å². The SMILES string of the molecule is CO/N=C(\CN(C)C(=O)c1cc(Cl)cc(Cl)c1)[C@H](CCN1CCC(N2CCCN(N3CCOCC3)C2=O)CC1)c1ccc(Cl)c(Cl)c1. The third-order valence-corrected chi connectivity index (χ3v) is 10.3. The van der Waals surface area contributed by atoms with E-state index in [4.69, 9.17) is 56.0 Å². The highest BCUT2D eigenvalue weighted by atomic mass is 35.5. The smallest absolute Gasteiger partial charge is 0.334 e. The van der Waals surface area contributed by atoms with Crippen LogP contribution in [-0.4, -0.2) is 128 Å². The van der Waals surface area contributed by atoms with Crippen molar-refractivity contribution in [2.24, 2.45) is 5.16 Å². The normalized spacial score (nSPS) is 19.6. The highest BCUT2D eigenvalue weighted by Gasteiger charge is 2.36. The maximum Gasteiger partial charge on any atom is 0.334 e. The van der Waals surface area contributed by atoms with E-state index in [1.165, 1.54) is 7.11 Å². The molecule has 3 fully saturated rings. The van der Waals surface area contributed by atoms with Gasteiger partial charge in [-0.1, -0.05) is 57.6 Å². The molecule has 5 rings (SSSR count). The number of carbonyl (C=O) groups is 2. The Morgan fingerprint density at radius 3 is 2.34 bits per heavy atom. The summed E-state index contributed by atoms with van der Waals surface area (Å²) >= 11 is 25.1. The van der Waals surface area contributed by atoms with Gasteiger partial charge in [-0.15, -0.1) is 0 Å². The number of amides is 3. The molecule has 3 aliphatic heterocycles. The molecule has 47 heavy (non-hydrogen) atoms. The van der Waals surface area contributed by atoms with Crippen LogP contribution in [0.25, 0.3) is 0 Å². The zero-order chi connectivity index (χ0) is 33.5. The van der Waals surface area contributed by atoms with E-state index in [0.29, 0.717) is 51.0 Å². The van der Waals surface area contributed by atoms with E-state index in [1.54, 1.807) is 36.2 Å². The summed E-state index contributed by atoms with van der Waals surface area (Å²) in [5, 5.41) is 10.2. The summed E-state index contributed by atoms with van der Waals surface area (Å²) in [5.74, 6) is -0.445. The van der Waals surface area contributed by atoms with Gasteiger partial charge >= 0.3 is 6.03 Å². The first-order valence-corrected chi connectivity index (χ1v) is 17.5. The van der Waals surface area contributed by atoms with E-state index >= 15 is 0 Å². The van der Waals surface area contributed by atoms with Crippen molar-refractivity contribution in [1.29, 1.82) is 0 Å². The molecule has 256 valence electrons. The molecule has 1 atom stereocenters. The topological polar surface area (TPSA) is 81.2 Å². The number of likely N-dealkylation sites (tertiary alicyclic amines) is 1. The van der Waals surface area contributed by atoms with E-state index in [0.717, 1.165) is 70.6 Å². The third kappa shape index (κ3) is 9.23. The van der Waals surface area contributed by atoms with Crippen molar-refractivity contribution in [3.63, 3.8) is 0 Å². The fraction of sp³-hybridized carbons (Fsp3) is 0.545. The lowest BCUT2D eigenvalue weighted by Gasteiger charge is -2.47. The Bertz CT molecular complexity index is 1410. The maximum absolute atomic E-state index is 13.5. The second-order valence-corrected chi connectivity index (χ2v) is 13.9. The number of hydrogen-bond acceptors (Lipinski definition) is 7. The molecule has 2 aromatic carbocycles. The van der Waals surface area contributed by atoms with E-state index < -0.39 is 0 Å². The van der Waals surface area contributed by atoms with Crippen molar-refractivity contribution in [3.05, 3.63) is 67.6 Å². The molecule has 14 heteroatoms. The fourth-order valence-corrected chi connectivity index (χ4v) is 7.51. The van der Waals surface area contributed by atoms with Gasteiger partial charge in [-0.25, -0.2) is 9.80 Å². The number of morpholine rings is 1. The summed E-state index contributed by atoms with van der Waals surface area (Å²) in [6.07, 6.45) is 3.51. The highest BCUT2D eigenvalue weighted by Crippen LogP contribution is 2.31. The third-order valence-electron chi connectivity index (χ3n) is 9.11. The second kappa shape index (κ2) is 16.9. The van der Waals surface area contributed by atoms with E-state index in [9.17, 15) is 9.59 Å². The Kier molecular flexibility index (Phi) is 12.9. The van der Waals surface area contributed by atoms with Crippen LogP contribution in [0.15, 0.2) is 41.6 Å². The van der Waals surface area contributed by atoms with Crippen molar-refractivity contribution in [2.75, 3.05) is 79.7 Å². The van der Waals surface area contributed by atoms with Crippen LogP contribution in [-0.2, 0) is 9.57 Å². The Labute approximate surface area is 297 Å². The highest BCUT2D eigenvalue weighted by molar-refractivity contribution is 6.42. The average molecular weight is 729 g/mol. The molecule has 10 nitrogen and oxygen atoms in total. The number of urea groups is 1. The number of oxime groups is 1. The molecular weight excluding hydrogens is 686 g/mol. The van der Waals surface area contributed by atoms with Gasteiger partial charge in [-0.3, -0.25) is 9.80 Å². The van der Waals surface area contributed by atoms with Gasteiger partial charge in [-0.05, 0) is 68.1 Å². The molecule has 0 bridgehead atoms. The molecule has 0 saturated carbocycles. The molecule has 0 radical (unpaired) electrons. The average Bonchev–Trinajstić information content (AvgIpc) is 3.06. The van der Waals surface area contributed by atoms with Gasteiger partial charge < -0.3 is 24.3 Å². The lowest BCUT2D eigenvalue weighted by atomic mass is 9.89. The molecule has 0 N–H and O–H groups in total. The van der Waals surface area contributed by atoms with Crippen LogP contribution < -0.4 is 0 Å². The van der Waals surface area contributed by atoms with Crippen LogP contribution in [0.1, 0.15) is 47.5 Å². The molecular formula is C33H42Cl4N6O4. The number of benzene rings is 2. The van der Waals surface area contributed by atoms with Crippen molar-refractivity contribution in [2.45, 2.75) is 37.6 Å². The number of rotatable bonds is 11. The van der Waals surface area contributed by atoms with Crippen LogP contribution in [0.3, 0.4) is 0 Å². The van der Waals surface area contributed by atoms with E-state index in [1.807, 2.05) is 17.1 Å². The molecule has 2 aromatic rings. The summed E-state index contributed by atoms with van der Waals surface area (Å²) in [5.41, 5.74) is 1.99. The Morgan fingerprint density at radius 2 is 1.68 bits per heavy atom. The zero-order valence-electron chi connectivity index (χ0n) is 26.8. The molecule has 3 amide bonds. The quantitative estimate of drug-likeness (QED) is 0.197. The minimum Gasteiger partial charge on any atom is -0.399 e. The first-order valence-electron chi connectivity index (χ1n) is 16.0. The summed E-state index contributed by atoms with van der Waals surface area (Å²) < 4.78 is 5.49. The predicted octanol–water partition coefficient (Wildman–Crippen LogP) is 6.39. The lowest BCUT2D eigenvalue weighted by Crippen LogP contribution is -2.61. The van der Waals surface area contributed by atoms with Crippen LogP contribution in [0.2, 0.25) is 20.1 Å². The van der Waals surface area contributed by atoms with Gasteiger partial charge in [0.15, 0.2) is 0 Å². The molecule has 0 aromatic heterocycles. The van der Waals surface area contributed by atoms with Crippen molar-refractivity contribution < 1.29 is 19.2 Å². The molecule has 0 spiro atoms. The molecule has 0 aliphatic carbocycles. The van der Waals surface area contributed by atoms with Crippen molar-refractivity contribution >= 4 is 64.1 Å². The van der Waals surface area contributed by atoms with Gasteiger partial charge in [0.1, 0.15) is 7.11 Å². The van der Waals surface area contributed by atoms with Gasteiger partial charge in [0.05, 0.1) is 35.5 Å². The number of halogens is 4. The van der Waals surface area contributed by atoms with Gasteiger partial charge in [0.25, 0.3) is 5.91 Å². The largest absolute Gasteiger partial charge is 0.399 e. The number of hydrogen-bond donors (Lipinski definition) is 0. The Hall–Kier alpha value is -2.31. The van der Waals surface area contributed by atoms with Crippen molar-refractivity contribution in [1.82, 2.24) is 24.7 Å². The number of nitrogens with zero attached hydrogens (tertiary/aromatic N) is 6. The van der Waals surface area contributed by atoms with Crippen LogP contribution in [0.4, 0.5) is 4.79 Å². The van der Waals surface area contributed by atoms with Gasteiger partial charge in [0.2, 0.25) is 0 Å². The summed E-state index contributed by atoms with van der Waals surface area (Å²) in [6.45, 7) is 7.15. The number of hydrazine groups is 1. The molecule has 3 heterocycles. The minimum absolute atomic E-state index is 0.121. The zero-order valence-corrected chi connectivity index (χ0v) is 29.9. The standard InChI is InChI=1S/C33H42Cl4N6O4/c1-39(32(44)24-18-25(34)21-26(35)19-24)22-31(38-46-2)28(23-4-5-29(36)30(37)20-23)8-13-40-11-6-27(7-12-40)42-9-3-10-43(33(42)45)41-14-16-47-17-15-41/h4-5,18-21,27-28H,3,6-17,22H2,1-2H3/b38-31+/t28-/m1/s1. The summed E-state index contributed by atoms with van der Waals surface area (Å²) in [7, 11) is 3.21. The number of ether oxygens (including phenoxy) is 1. The Morgan fingerprint density at radius 1 is 0.979 bits per heavy atom. The molecule has 3 saturated heterocycles. The predicted molar refractivity (Wildman–Crippen MR) is 187 cm³/mol. The van der Waals surface area contributed by atoms with Crippen LogP contribution in [0.5, 0.6) is 0 Å². The first kappa shape index (κ1) is 36.0. The number of piperidine rings is 1. The Balaban J connectivity index is 1.25. The second-order valence-electron chi connectivity index (χ2n) is 12.2.